The molecule has 152 valence electrons. The second-order valence-corrected chi connectivity index (χ2v) is 8.29. The molecule has 28 heavy (non-hydrogen) atoms. The molecule has 1 aromatic carbocycles. The maximum atomic E-state index is 12.7. The van der Waals surface area contributed by atoms with Gasteiger partial charge in [0, 0.05) is 24.3 Å². The molecule has 1 aliphatic carbocycles. The van der Waals surface area contributed by atoms with Crippen molar-refractivity contribution in [2.24, 2.45) is 5.92 Å². The maximum Gasteiger partial charge on any atom is 0.271 e. The van der Waals surface area contributed by atoms with E-state index < -0.39 is 0 Å². The van der Waals surface area contributed by atoms with Crippen molar-refractivity contribution in [3.05, 3.63) is 41.2 Å². The van der Waals surface area contributed by atoms with Gasteiger partial charge in [-0.1, -0.05) is 75.3 Å². The van der Waals surface area contributed by atoms with Crippen LogP contribution in [0.2, 0.25) is 0 Å². The molecule has 3 rings (SSSR count). The number of benzene rings is 1. The van der Waals surface area contributed by atoms with E-state index in [0.717, 1.165) is 42.4 Å². The summed E-state index contributed by atoms with van der Waals surface area (Å²) in [6.07, 6.45) is 10.1. The fourth-order valence-corrected chi connectivity index (χ4v) is 4.20. The number of imidazole rings is 1. The lowest BCUT2D eigenvalue weighted by atomic mass is 9.87. The zero-order chi connectivity index (χ0) is 19.9. The minimum Gasteiger partial charge on any atom is -0.351 e. The molecule has 0 bridgehead atoms. The molecule has 0 unspecified atom stereocenters. The van der Waals surface area contributed by atoms with Crippen LogP contribution in [0.15, 0.2) is 24.3 Å². The summed E-state index contributed by atoms with van der Waals surface area (Å²) < 4.78 is 2.27. The fraction of sp³-hybridized carbons (Fsp3) is 0.583. The molecule has 1 N–H and O–H groups in total. The average Bonchev–Trinajstić information content (AvgIpc) is 3.04. The van der Waals surface area contributed by atoms with Crippen LogP contribution in [0.5, 0.6) is 0 Å². The summed E-state index contributed by atoms with van der Waals surface area (Å²) in [5.41, 5.74) is 3.89. The van der Waals surface area contributed by atoms with Gasteiger partial charge in [0.1, 0.15) is 11.5 Å². The number of hydrogen-bond acceptors (Lipinski definition) is 2. The summed E-state index contributed by atoms with van der Waals surface area (Å²) in [4.78, 5) is 17.5. The first-order valence-corrected chi connectivity index (χ1v) is 11.0. The predicted molar refractivity (Wildman–Crippen MR) is 116 cm³/mol. The van der Waals surface area contributed by atoms with E-state index >= 15 is 0 Å². The maximum absolute atomic E-state index is 12.7. The van der Waals surface area contributed by atoms with Gasteiger partial charge in [-0.25, -0.2) is 4.98 Å². The highest BCUT2D eigenvalue weighted by atomic mass is 16.1. The highest BCUT2D eigenvalue weighted by Crippen LogP contribution is 2.29. The largest absolute Gasteiger partial charge is 0.351 e. The topological polar surface area (TPSA) is 46.9 Å². The lowest BCUT2D eigenvalue weighted by Gasteiger charge is -2.22. The minimum absolute atomic E-state index is 0.0456. The second kappa shape index (κ2) is 9.90. The lowest BCUT2D eigenvalue weighted by Crippen LogP contribution is -2.25. The third-order valence-electron chi connectivity index (χ3n) is 6.05. The van der Waals surface area contributed by atoms with Crippen LogP contribution in [0.4, 0.5) is 0 Å². The van der Waals surface area contributed by atoms with Crippen molar-refractivity contribution in [2.45, 2.75) is 78.7 Å². The van der Waals surface area contributed by atoms with Gasteiger partial charge in [-0.2, -0.15) is 0 Å². The Bertz CT molecular complexity index is 770. The third kappa shape index (κ3) is 5.03. The molecule has 4 heteroatoms. The molecule has 1 aromatic heterocycles. The number of aromatic nitrogens is 2. The Morgan fingerprint density at radius 1 is 1.14 bits per heavy atom. The van der Waals surface area contributed by atoms with E-state index in [1.807, 2.05) is 6.92 Å². The summed E-state index contributed by atoms with van der Waals surface area (Å²) in [5, 5.41) is 3.03. The first-order chi connectivity index (χ1) is 13.6. The van der Waals surface area contributed by atoms with Gasteiger partial charge in [-0.3, -0.25) is 4.79 Å². The normalized spacial score (nSPS) is 15.0. The first kappa shape index (κ1) is 20.6. The van der Waals surface area contributed by atoms with Gasteiger partial charge >= 0.3 is 0 Å². The standard InChI is InChI=1S/C24H35N3O/c1-4-5-16-25-24(28)22-19(3)27(17-15-20-9-7-6-8-10-20)23(26-22)21-13-11-18(2)12-14-21/h11-14,20H,4-10,15-17H2,1-3H3,(H,25,28). The molecule has 0 saturated heterocycles. The monoisotopic (exact) mass is 381 g/mol. The van der Waals surface area contributed by atoms with Gasteiger partial charge < -0.3 is 9.88 Å². The summed E-state index contributed by atoms with van der Waals surface area (Å²) in [7, 11) is 0. The number of nitrogens with zero attached hydrogens (tertiary/aromatic N) is 2. The second-order valence-electron chi connectivity index (χ2n) is 8.29. The van der Waals surface area contributed by atoms with E-state index in [2.05, 4.69) is 48.0 Å². The molecule has 0 aliphatic heterocycles. The number of hydrogen-bond donors (Lipinski definition) is 1. The first-order valence-electron chi connectivity index (χ1n) is 11.0. The number of nitrogens with one attached hydrogen (secondary N) is 1. The van der Waals surface area contributed by atoms with E-state index in [1.54, 1.807) is 0 Å². The van der Waals surface area contributed by atoms with Crippen LogP contribution in [-0.4, -0.2) is 22.0 Å². The minimum atomic E-state index is -0.0456. The molecule has 1 saturated carbocycles. The molecule has 1 fully saturated rings. The highest BCUT2D eigenvalue weighted by Gasteiger charge is 2.21. The Hall–Kier alpha value is -2.10. The van der Waals surface area contributed by atoms with Gasteiger partial charge in [0.2, 0.25) is 0 Å². The van der Waals surface area contributed by atoms with Crippen LogP contribution in [0.25, 0.3) is 11.4 Å². The number of carbonyl (C=O) groups is 1. The van der Waals surface area contributed by atoms with E-state index in [0.29, 0.717) is 12.2 Å². The number of aryl methyl sites for hydroxylation is 1. The number of unbranched alkanes of at least 4 members (excludes halogenated alkanes) is 1. The predicted octanol–water partition coefficient (Wildman–Crippen LogP) is 5.67. The van der Waals surface area contributed by atoms with Gasteiger partial charge in [0.25, 0.3) is 5.91 Å². The third-order valence-corrected chi connectivity index (χ3v) is 6.05. The van der Waals surface area contributed by atoms with E-state index in [-0.39, 0.29) is 5.91 Å². The summed E-state index contributed by atoms with van der Waals surface area (Å²) >= 11 is 0. The molecule has 4 nitrogen and oxygen atoms in total. The van der Waals surface area contributed by atoms with Crippen molar-refractivity contribution >= 4 is 5.91 Å². The zero-order valence-corrected chi connectivity index (χ0v) is 17.8. The smallest absolute Gasteiger partial charge is 0.271 e. The van der Waals surface area contributed by atoms with Crippen LogP contribution in [-0.2, 0) is 6.54 Å². The van der Waals surface area contributed by atoms with Gasteiger partial charge in [-0.15, -0.1) is 0 Å². The van der Waals surface area contributed by atoms with Crippen molar-refractivity contribution in [3.8, 4) is 11.4 Å². The highest BCUT2D eigenvalue weighted by molar-refractivity contribution is 5.94. The van der Waals surface area contributed by atoms with Crippen LogP contribution >= 0.6 is 0 Å². The van der Waals surface area contributed by atoms with Crippen molar-refractivity contribution in [1.29, 1.82) is 0 Å². The van der Waals surface area contributed by atoms with Gasteiger partial charge in [-0.05, 0) is 32.6 Å². The van der Waals surface area contributed by atoms with Crippen LogP contribution in [0.1, 0.15) is 80.0 Å². The summed E-state index contributed by atoms with van der Waals surface area (Å²) in [5.74, 6) is 1.69. The number of amides is 1. The van der Waals surface area contributed by atoms with Gasteiger partial charge in [0.05, 0.1) is 0 Å². The molecular formula is C24H35N3O. The van der Waals surface area contributed by atoms with E-state index in [1.165, 1.54) is 44.1 Å². The number of rotatable bonds is 8. The molecule has 0 spiro atoms. The molecule has 2 aromatic rings. The molecule has 1 amide bonds. The van der Waals surface area contributed by atoms with Crippen LogP contribution < -0.4 is 5.32 Å². The summed E-state index contributed by atoms with van der Waals surface area (Å²) in [6, 6.07) is 8.47. The lowest BCUT2D eigenvalue weighted by molar-refractivity contribution is 0.0948. The Morgan fingerprint density at radius 2 is 1.86 bits per heavy atom. The molecule has 1 aliphatic rings. The average molecular weight is 382 g/mol. The van der Waals surface area contributed by atoms with Crippen LogP contribution in [0.3, 0.4) is 0 Å². The quantitative estimate of drug-likeness (QED) is 0.599. The summed E-state index contributed by atoms with van der Waals surface area (Å²) in [6.45, 7) is 7.92. The zero-order valence-electron chi connectivity index (χ0n) is 17.8. The van der Waals surface area contributed by atoms with Crippen molar-refractivity contribution < 1.29 is 4.79 Å². The van der Waals surface area contributed by atoms with Crippen molar-refractivity contribution in [1.82, 2.24) is 14.9 Å². The Balaban J connectivity index is 1.85. The van der Waals surface area contributed by atoms with E-state index in [9.17, 15) is 4.79 Å². The fourth-order valence-electron chi connectivity index (χ4n) is 4.20. The molecule has 0 radical (unpaired) electrons. The number of carbonyl (C=O) groups excluding carboxylic acids is 1. The van der Waals surface area contributed by atoms with Crippen molar-refractivity contribution in [3.63, 3.8) is 0 Å². The Labute approximate surface area is 169 Å². The molecule has 0 atom stereocenters. The molecular weight excluding hydrogens is 346 g/mol. The Morgan fingerprint density at radius 3 is 2.54 bits per heavy atom. The van der Waals surface area contributed by atoms with Crippen molar-refractivity contribution in [2.75, 3.05) is 6.54 Å². The molecule has 1 heterocycles. The van der Waals surface area contributed by atoms with E-state index in [4.69, 9.17) is 4.98 Å². The van der Waals surface area contributed by atoms with Crippen LogP contribution in [0, 0.1) is 19.8 Å². The van der Waals surface area contributed by atoms with Gasteiger partial charge in [0.15, 0.2) is 0 Å². The Kier molecular flexibility index (Phi) is 7.30. The SMILES string of the molecule is CCCCNC(=O)c1nc(-c2ccc(C)cc2)n(CCC2CCCCC2)c1C.